The lowest BCUT2D eigenvalue weighted by molar-refractivity contribution is -0.126. The Hall–Kier alpha value is -2.72. The zero-order valence-electron chi connectivity index (χ0n) is 24.9. The Labute approximate surface area is 266 Å². The predicted molar refractivity (Wildman–Crippen MR) is 167 cm³/mol. The number of amides is 3. The summed E-state index contributed by atoms with van der Waals surface area (Å²) in [5.41, 5.74) is -0.583. The van der Waals surface area contributed by atoms with Crippen LogP contribution in [0.15, 0.2) is 36.4 Å². The third-order valence-electron chi connectivity index (χ3n) is 10.6. The normalized spacial score (nSPS) is 30.2. The number of fused-ring (bicyclic) bond motifs is 3. The molecule has 2 aliphatic carbocycles. The quantitative estimate of drug-likeness (QED) is 0.315. The topological polar surface area (TPSA) is 120 Å². The zero-order valence-corrected chi connectivity index (χ0v) is 26.5. The van der Waals surface area contributed by atoms with Gasteiger partial charge in [-0.3, -0.25) is 19.7 Å². The molecule has 2 aromatic rings. The van der Waals surface area contributed by atoms with Gasteiger partial charge >= 0.3 is 0 Å². The van der Waals surface area contributed by atoms with Crippen molar-refractivity contribution in [1.82, 2.24) is 16.0 Å². The lowest BCUT2D eigenvalue weighted by atomic mass is 9.53. The molecule has 5 N–H and O–H groups in total. The number of carbonyl (C=O) groups is 3. The van der Waals surface area contributed by atoms with E-state index >= 15 is 4.39 Å². The van der Waals surface area contributed by atoms with E-state index in [0.29, 0.717) is 54.8 Å². The van der Waals surface area contributed by atoms with Crippen LogP contribution in [0.5, 0.6) is 0 Å². The van der Waals surface area contributed by atoms with Gasteiger partial charge in [0.2, 0.25) is 17.7 Å². The van der Waals surface area contributed by atoms with Crippen LogP contribution in [0.1, 0.15) is 82.3 Å². The van der Waals surface area contributed by atoms with Crippen molar-refractivity contribution in [2.24, 2.45) is 5.41 Å². The highest BCUT2D eigenvalue weighted by atomic mass is 35.5. The largest absolute Gasteiger partial charge is 0.387 e. The Balaban J connectivity index is 1.43. The Bertz CT molecular complexity index is 1480. The fourth-order valence-corrected chi connectivity index (χ4v) is 8.72. The van der Waals surface area contributed by atoms with Crippen molar-refractivity contribution >= 4 is 46.6 Å². The van der Waals surface area contributed by atoms with Crippen molar-refractivity contribution in [2.75, 3.05) is 11.9 Å². The van der Waals surface area contributed by atoms with Crippen LogP contribution in [0.2, 0.25) is 10.0 Å². The van der Waals surface area contributed by atoms with Gasteiger partial charge in [0.05, 0.1) is 11.1 Å². The number of hydrogen-bond acceptors (Lipinski definition) is 5. The van der Waals surface area contributed by atoms with Crippen LogP contribution in [-0.4, -0.2) is 53.1 Å². The van der Waals surface area contributed by atoms with E-state index in [1.165, 1.54) is 6.07 Å². The summed E-state index contributed by atoms with van der Waals surface area (Å²) in [5.74, 6) is -2.52. The van der Waals surface area contributed by atoms with Gasteiger partial charge in [0.15, 0.2) is 0 Å². The van der Waals surface area contributed by atoms with E-state index < -0.39 is 41.2 Å². The summed E-state index contributed by atoms with van der Waals surface area (Å²) in [6.07, 6.45) is 5.46. The first-order valence-electron chi connectivity index (χ1n) is 15.4. The van der Waals surface area contributed by atoms with E-state index in [-0.39, 0.29) is 39.9 Å². The summed E-state index contributed by atoms with van der Waals surface area (Å²) in [4.78, 5) is 40.6. The monoisotopic (exact) mass is 644 g/mol. The molecule has 1 saturated heterocycles. The average Bonchev–Trinajstić information content (AvgIpc) is 3.45. The van der Waals surface area contributed by atoms with Crippen LogP contribution >= 0.6 is 23.2 Å². The van der Waals surface area contributed by atoms with E-state index in [0.717, 1.165) is 12.8 Å². The van der Waals surface area contributed by atoms with Gasteiger partial charge in [-0.1, -0.05) is 55.2 Å². The fraction of sp³-hybridized carbons (Fsp3) is 0.545. The lowest BCUT2D eigenvalue weighted by Gasteiger charge is -2.50. The Kier molecular flexibility index (Phi) is 8.23. The second kappa shape index (κ2) is 11.6. The first kappa shape index (κ1) is 31.3. The summed E-state index contributed by atoms with van der Waals surface area (Å²) in [6, 6.07) is 8.93. The number of carbonyl (C=O) groups excluding carboxylic acids is 3. The molecule has 3 atom stereocenters. The van der Waals surface area contributed by atoms with Crippen molar-refractivity contribution in [3.63, 3.8) is 0 Å². The van der Waals surface area contributed by atoms with Gasteiger partial charge in [-0.15, -0.1) is 0 Å². The Morgan fingerprint density at radius 1 is 1.00 bits per heavy atom. The van der Waals surface area contributed by atoms with E-state index in [4.69, 9.17) is 28.3 Å². The molecule has 0 bridgehead atoms. The first-order valence-corrected chi connectivity index (χ1v) is 16.2. The van der Waals surface area contributed by atoms with Crippen molar-refractivity contribution in [1.29, 1.82) is 0 Å². The number of hydrogen-bond donors (Lipinski definition) is 5. The van der Waals surface area contributed by atoms with Crippen LogP contribution in [-0.2, 0) is 19.8 Å². The minimum atomic E-state index is -1.30. The third-order valence-corrected chi connectivity index (χ3v) is 11.2. The molecule has 6 rings (SSSR count). The molecule has 4 aliphatic rings. The molecule has 0 radical (unpaired) electrons. The molecule has 3 fully saturated rings. The molecule has 2 aromatic carbocycles. The molecule has 0 unspecified atom stereocenters. The second-order valence-corrected chi connectivity index (χ2v) is 14.6. The number of anilines is 1. The minimum Gasteiger partial charge on any atom is -0.387 e. The van der Waals surface area contributed by atoms with Crippen molar-refractivity contribution < 1.29 is 23.9 Å². The van der Waals surface area contributed by atoms with Gasteiger partial charge < -0.3 is 21.1 Å². The lowest BCUT2D eigenvalue weighted by Crippen LogP contribution is -2.61. The maximum Gasteiger partial charge on any atom is 0.245 e. The number of rotatable bonds is 5. The van der Waals surface area contributed by atoms with E-state index in [9.17, 15) is 14.4 Å². The van der Waals surface area contributed by atoms with Crippen LogP contribution in [0.25, 0.3) is 0 Å². The number of aliphatic hydroxyl groups excluding tert-OH is 1. The highest BCUT2D eigenvalue weighted by molar-refractivity contribution is 6.31. The van der Waals surface area contributed by atoms with Crippen LogP contribution < -0.4 is 21.3 Å². The van der Waals surface area contributed by atoms with Gasteiger partial charge in [0, 0.05) is 34.3 Å². The highest BCUT2D eigenvalue weighted by Crippen LogP contribution is 2.64. The number of nitrogens with one attached hydrogen (secondary N) is 4. The SMILES string of the molecule is CC1(C)CCC2(CC1)N[C@@H](C(=O)N[C@H]1CC[C@H](NC(=O)CO)CC1)[C@H](c1cccc(Cl)c1F)[C@]21C(=O)Nc2cc(Cl)ccc21. The zero-order chi connectivity index (χ0) is 31.4. The molecule has 8 nitrogen and oxygen atoms in total. The molecule has 2 spiro atoms. The smallest absolute Gasteiger partial charge is 0.245 e. The average molecular weight is 646 g/mol. The second-order valence-electron chi connectivity index (χ2n) is 13.7. The van der Waals surface area contributed by atoms with Crippen molar-refractivity contribution in [3.05, 3.63) is 63.4 Å². The van der Waals surface area contributed by atoms with Gasteiger partial charge in [-0.05, 0) is 86.1 Å². The molecule has 2 saturated carbocycles. The summed E-state index contributed by atoms with van der Waals surface area (Å²) >= 11 is 12.7. The highest BCUT2D eigenvalue weighted by Gasteiger charge is 2.73. The molecule has 44 heavy (non-hydrogen) atoms. The number of aliphatic hydroxyl groups is 1. The van der Waals surface area contributed by atoms with Gasteiger partial charge in [-0.25, -0.2) is 4.39 Å². The molecule has 3 amide bonds. The maximum absolute atomic E-state index is 16.1. The minimum absolute atomic E-state index is 0.0489. The number of benzene rings is 2. The number of halogens is 3. The van der Waals surface area contributed by atoms with Crippen molar-refractivity contribution in [3.8, 4) is 0 Å². The van der Waals surface area contributed by atoms with Gasteiger partial charge in [-0.2, -0.15) is 0 Å². The molecule has 2 heterocycles. The molecule has 2 aliphatic heterocycles. The van der Waals surface area contributed by atoms with E-state index in [2.05, 4.69) is 35.1 Å². The Morgan fingerprint density at radius 2 is 1.66 bits per heavy atom. The molecule has 0 aromatic heterocycles. The van der Waals surface area contributed by atoms with Gasteiger partial charge in [0.25, 0.3) is 0 Å². The molecule has 11 heteroatoms. The van der Waals surface area contributed by atoms with Crippen molar-refractivity contribution in [2.45, 2.75) is 100 Å². The van der Waals surface area contributed by atoms with E-state index in [1.54, 1.807) is 24.3 Å². The standard InChI is InChI=1S/C33H39Cl2FN4O4/c1-31(2)12-14-32(15-13-31)33(22-11-6-18(34)16-24(22)39-30(33)44)26(21-4-3-5-23(35)27(21)36)28(40-32)29(43)38-20-9-7-19(8-10-20)37-25(42)17-41/h3-6,11,16,19-20,26,28,40-41H,7-10,12-15,17H2,1-2H3,(H,37,42)(H,38,43)(H,39,44)/t19-,20-,26-,28+,33+/m0/s1. The predicted octanol–water partition coefficient (Wildman–Crippen LogP) is 4.95. The molecular weight excluding hydrogens is 606 g/mol. The summed E-state index contributed by atoms with van der Waals surface area (Å²) in [6.45, 7) is 3.86. The molecule has 236 valence electrons. The Morgan fingerprint density at radius 3 is 2.32 bits per heavy atom. The summed E-state index contributed by atoms with van der Waals surface area (Å²) < 4.78 is 16.1. The summed E-state index contributed by atoms with van der Waals surface area (Å²) in [5, 5.41) is 22.2. The van der Waals surface area contributed by atoms with Gasteiger partial charge in [0.1, 0.15) is 17.8 Å². The van der Waals surface area contributed by atoms with E-state index in [1.807, 2.05) is 6.07 Å². The molecular formula is C33H39Cl2FN4O4. The van der Waals surface area contributed by atoms with Crippen LogP contribution in [0.4, 0.5) is 10.1 Å². The van der Waals surface area contributed by atoms with Crippen LogP contribution in [0.3, 0.4) is 0 Å². The maximum atomic E-state index is 16.1. The van der Waals surface area contributed by atoms with Crippen LogP contribution in [0, 0.1) is 11.2 Å². The fourth-order valence-electron chi connectivity index (χ4n) is 8.36. The summed E-state index contributed by atoms with van der Waals surface area (Å²) in [7, 11) is 0. The first-order chi connectivity index (χ1) is 20.9. The third kappa shape index (κ3) is 5.10.